The minimum Gasteiger partial charge on any atom is -0.259 e. The van der Waals surface area contributed by atoms with Crippen LogP contribution < -0.4 is 0 Å². The highest BCUT2D eigenvalue weighted by molar-refractivity contribution is 8.00. The number of nitrogens with zero attached hydrogens (tertiary/aromatic N) is 2. The zero-order valence-corrected chi connectivity index (χ0v) is 21.1. The van der Waals surface area contributed by atoms with Crippen LogP contribution in [-0.2, 0) is 16.6 Å². The first kappa shape index (κ1) is 24.2. The van der Waals surface area contributed by atoms with Gasteiger partial charge in [-0.05, 0) is 36.2 Å². The number of hydrogen-bond donors (Lipinski definition) is 0. The van der Waals surface area contributed by atoms with Gasteiger partial charge in [-0.3, -0.25) is 4.21 Å². The van der Waals surface area contributed by atoms with Gasteiger partial charge < -0.3 is 0 Å². The molecule has 1 atom stereocenters. The molecule has 0 fully saturated rings. The van der Waals surface area contributed by atoms with Crippen LogP contribution in [0.4, 0.5) is 0 Å². The molecule has 0 spiro atoms. The molecular formula is C28H23ClN2OS2. The molecule has 0 saturated carbocycles. The summed E-state index contributed by atoms with van der Waals surface area (Å²) < 4.78 is 12.6. The van der Waals surface area contributed by atoms with Crippen molar-refractivity contribution in [1.29, 1.82) is 5.26 Å². The predicted octanol–water partition coefficient (Wildman–Crippen LogP) is 7.29. The van der Waals surface area contributed by atoms with Gasteiger partial charge in [-0.1, -0.05) is 83.9 Å². The van der Waals surface area contributed by atoms with Gasteiger partial charge in [0.25, 0.3) is 0 Å². The molecule has 34 heavy (non-hydrogen) atoms. The molecule has 0 aliphatic carbocycles. The molecule has 3 aromatic carbocycles. The molecule has 0 saturated heterocycles. The van der Waals surface area contributed by atoms with Gasteiger partial charge in [-0.2, -0.15) is 5.26 Å². The first-order chi connectivity index (χ1) is 16.5. The van der Waals surface area contributed by atoms with E-state index < -0.39 is 10.8 Å². The van der Waals surface area contributed by atoms with Crippen molar-refractivity contribution in [2.24, 2.45) is 0 Å². The number of pyridine rings is 1. The summed E-state index contributed by atoms with van der Waals surface area (Å²) in [6.45, 7) is 2.05. The van der Waals surface area contributed by atoms with Crippen molar-refractivity contribution in [1.82, 2.24) is 4.98 Å². The molecule has 6 heteroatoms. The van der Waals surface area contributed by atoms with E-state index in [-0.39, 0.29) is 0 Å². The van der Waals surface area contributed by atoms with Crippen LogP contribution in [0.5, 0.6) is 0 Å². The summed E-state index contributed by atoms with van der Waals surface area (Å²) in [6, 6.07) is 29.9. The molecule has 4 aromatic rings. The Labute approximate surface area is 212 Å². The van der Waals surface area contributed by atoms with E-state index in [1.54, 1.807) is 0 Å². The third kappa shape index (κ3) is 6.15. The monoisotopic (exact) mass is 502 g/mol. The van der Waals surface area contributed by atoms with Crippen molar-refractivity contribution < 1.29 is 4.21 Å². The Hall–Kier alpha value is -2.91. The van der Waals surface area contributed by atoms with Gasteiger partial charge in [-0.25, -0.2) is 4.98 Å². The van der Waals surface area contributed by atoms with Crippen LogP contribution in [0.1, 0.15) is 16.7 Å². The van der Waals surface area contributed by atoms with Crippen molar-refractivity contribution in [2.75, 3.05) is 11.5 Å². The highest BCUT2D eigenvalue weighted by Gasteiger charge is 2.16. The van der Waals surface area contributed by atoms with E-state index in [4.69, 9.17) is 16.6 Å². The maximum absolute atomic E-state index is 12.6. The molecule has 3 nitrogen and oxygen atoms in total. The summed E-state index contributed by atoms with van der Waals surface area (Å²) in [5, 5.41) is 11.3. The van der Waals surface area contributed by atoms with Crippen molar-refractivity contribution in [3.05, 3.63) is 107 Å². The third-order valence-electron chi connectivity index (χ3n) is 5.32. The summed E-state index contributed by atoms with van der Waals surface area (Å²) in [6.07, 6.45) is 0. The fourth-order valence-electron chi connectivity index (χ4n) is 3.52. The molecule has 0 bridgehead atoms. The average Bonchev–Trinajstić information content (AvgIpc) is 2.86. The quantitative estimate of drug-likeness (QED) is 0.237. The number of benzene rings is 3. The fraction of sp³-hybridized carbons (Fsp3) is 0.143. The second-order valence-corrected chi connectivity index (χ2v) is 10.9. The summed E-state index contributed by atoms with van der Waals surface area (Å²) in [5.74, 6) is 1.59. The number of thioether (sulfide) groups is 1. The van der Waals surface area contributed by atoms with Gasteiger partial charge in [0, 0.05) is 44.2 Å². The largest absolute Gasteiger partial charge is 0.259 e. The Balaban J connectivity index is 1.59. The van der Waals surface area contributed by atoms with Gasteiger partial charge in [-0.15, -0.1) is 11.8 Å². The zero-order chi connectivity index (χ0) is 23.9. The van der Waals surface area contributed by atoms with Gasteiger partial charge in [0.2, 0.25) is 0 Å². The maximum Gasteiger partial charge on any atom is 0.115 e. The van der Waals surface area contributed by atoms with Crippen LogP contribution in [0.3, 0.4) is 0 Å². The van der Waals surface area contributed by atoms with Crippen molar-refractivity contribution in [3.8, 4) is 28.5 Å². The van der Waals surface area contributed by atoms with Crippen LogP contribution in [0.15, 0.2) is 90.0 Å². The molecular weight excluding hydrogens is 480 g/mol. The first-order valence-electron chi connectivity index (χ1n) is 10.8. The second kappa shape index (κ2) is 11.5. The summed E-state index contributed by atoms with van der Waals surface area (Å²) >= 11 is 7.42. The lowest BCUT2D eigenvalue weighted by Gasteiger charge is -2.13. The Kier molecular flexibility index (Phi) is 8.18. The first-order valence-corrected chi connectivity index (χ1v) is 13.7. The predicted molar refractivity (Wildman–Crippen MR) is 143 cm³/mol. The highest BCUT2D eigenvalue weighted by Crippen LogP contribution is 2.34. The fourth-order valence-corrected chi connectivity index (χ4v) is 6.09. The molecule has 1 unspecified atom stereocenters. The van der Waals surface area contributed by atoms with E-state index in [1.807, 2.05) is 72.8 Å². The van der Waals surface area contributed by atoms with Crippen molar-refractivity contribution in [3.63, 3.8) is 0 Å². The lowest BCUT2D eigenvalue weighted by molar-refractivity contribution is 0.683. The van der Waals surface area contributed by atoms with Gasteiger partial charge in [0.05, 0.1) is 11.3 Å². The van der Waals surface area contributed by atoms with E-state index in [2.05, 4.69) is 25.1 Å². The van der Waals surface area contributed by atoms with Crippen LogP contribution in [0.2, 0.25) is 5.02 Å². The highest BCUT2D eigenvalue weighted by atomic mass is 35.5. The summed E-state index contributed by atoms with van der Waals surface area (Å²) in [5.41, 5.74) is 6.38. The molecule has 170 valence electrons. The summed E-state index contributed by atoms with van der Waals surface area (Å²) in [4.78, 5) is 4.85. The normalized spacial score (nSPS) is 11.7. The number of aryl methyl sites for hydroxylation is 1. The molecule has 4 rings (SSSR count). The standard InChI is InChI=1S/C28H23ClN2OS2/c1-20-7-11-23(12-8-20)27-17-25(22-5-3-2-4-6-22)26(18-30)28(31-27)33-15-16-34(32)19-21-9-13-24(29)14-10-21/h2-14,17H,15-16,19H2,1H3. The second-order valence-electron chi connectivity index (χ2n) is 7.84. The molecule has 1 heterocycles. The maximum atomic E-state index is 12.6. The Bertz CT molecular complexity index is 1330. The molecule has 0 radical (unpaired) electrons. The number of aromatic nitrogens is 1. The molecule has 0 aliphatic rings. The molecule has 0 aliphatic heterocycles. The van der Waals surface area contributed by atoms with Gasteiger partial charge in [0.15, 0.2) is 0 Å². The molecule has 1 aromatic heterocycles. The smallest absolute Gasteiger partial charge is 0.115 e. The van der Waals surface area contributed by atoms with E-state index >= 15 is 0 Å². The number of halogens is 1. The van der Waals surface area contributed by atoms with Crippen LogP contribution in [0.25, 0.3) is 22.4 Å². The van der Waals surface area contributed by atoms with E-state index in [9.17, 15) is 9.47 Å². The lowest BCUT2D eigenvalue weighted by Crippen LogP contribution is -2.04. The summed E-state index contributed by atoms with van der Waals surface area (Å²) in [7, 11) is -1.02. The zero-order valence-electron chi connectivity index (χ0n) is 18.7. The number of hydrogen-bond acceptors (Lipinski definition) is 4. The SMILES string of the molecule is Cc1ccc(-c2cc(-c3ccccc3)c(C#N)c(SCCS(=O)Cc3ccc(Cl)cc3)n2)cc1. The van der Waals surface area contributed by atoms with E-state index in [1.165, 1.54) is 17.3 Å². The average molecular weight is 503 g/mol. The number of rotatable bonds is 8. The van der Waals surface area contributed by atoms with Crippen LogP contribution >= 0.6 is 23.4 Å². The van der Waals surface area contributed by atoms with Gasteiger partial charge in [0.1, 0.15) is 11.1 Å². The van der Waals surface area contributed by atoms with Crippen molar-refractivity contribution >= 4 is 34.2 Å². The van der Waals surface area contributed by atoms with Crippen LogP contribution in [0, 0.1) is 18.3 Å². The Morgan fingerprint density at radius 1 is 0.971 bits per heavy atom. The third-order valence-corrected chi connectivity index (χ3v) is 8.12. The topological polar surface area (TPSA) is 53.8 Å². The Morgan fingerprint density at radius 2 is 1.68 bits per heavy atom. The Morgan fingerprint density at radius 3 is 2.35 bits per heavy atom. The lowest BCUT2D eigenvalue weighted by atomic mass is 9.99. The van der Waals surface area contributed by atoms with E-state index in [0.717, 1.165) is 27.9 Å². The minimum atomic E-state index is -1.02. The minimum absolute atomic E-state index is 0.481. The molecule has 0 amide bonds. The van der Waals surface area contributed by atoms with Crippen LogP contribution in [-0.4, -0.2) is 20.7 Å². The van der Waals surface area contributed by atoms with Gasteiger partial charge >= 0.3 is 0 Å². The number of nitriles is 1. The van der Waals surface area contributed by atoms with E-state index in [0.29, 0.717) is 32.9 Å². The molecule has 0 N–H and O–H groups in total. The van der Waals surface area contributed by atoms with Crippen molar-refractivity contribution in [2.45, 2.75) is 17.7 Å².